The maximum Gasteiger partial charge on any atom is 0.232 e. The lowest BCUT2D eigenvalue weighted by Gasteiger charge is -2.05. The van der Waals surface area contributed by atoms with Gasteiger partial charge in [-0.2, -0.15) is 5.10 Å². The summed E-state index contributed by atoms with van der Waals surface area (Å²) < 4.78 is 0. The molecule has 5 nitrogen and oxygen atoms in total. The molecule has 0 radical (unpaired) electrons. The van der Waals surface area contributed by atoms with Crippen LogP contribution in [0.4, 0.5) is 5.69 Å². The van der Waals surface area contributed by atoms with E-state index in [1.165, 1.54) is 0 Å². The van der Waals surface area contributed by atoms with Crippen molar-refractivity contribution in [2.24, 2.45) is 0 Å². The second-order valence-electron chi connectivity index (χ2n) is 5.70. The maximum atomic E-state index is 12.1. The number of aromatic nitrogens is 3. The molecule has 0 aliphatic heterocycles. The van der Waals surface area contributed by atoms with E-state index in [9.17, 15) is 4.79 Å². The predicted molar refractivity (Wildman–Crippen MR) is 84.6 cm³/mol. The van der Waals surface area contributed by atoms with E-state index in [4.69, 9.17) is 0 Å². The lowest BCUT2D eigenvalue weighted by atomic mass is 10.1. The quantitative estimate of drug-likeness (QED) is 0.776. The van der Waals surface area contributed by atoms with Gasteiger partial charge in [-0.1, -0.05) is 30.3 Å². The molecule has 0 unspecified atom stereocenters. The number of fused-ring (bicyclic) bond motifs is 1. The van der Waals surface area contributed by atoms with Crippen LogP contribution in [0.5, 0.6) is 0 Å². The van der Waals surface area contributed by atoms with Crippen molar-refractivity contribution in [3.05, 3.63) is 54.1 Å². The number of hydrogen-bond acceptors (Lipinski definition) is 3. The fourth-order valence-electron chi connectivity index (χ4n) is 2.54. The summed E-state index contributed by atoms with van der Waals surface area (Å²) in [6.45, 7) is 0. The van der Waals surface area contributed by atoms with Crippen molar-refractivity contribution in [1.29, 1.82) is 0 Å². The highest BCUT2D eigenvalue weighted by atomic mass is 16.1. The first-order chi connectivity index (χ1) is 10.8. The second kappa shape index (κ2) is 5.26. The van der Waals surface area contributed by atoms with Gasteiger partial charge in [0, 0.05) is 11.6 Å². The van der Waals surface area contributed by atoms with Crippen molar-refractivity contribution in [1.82, 2.24) is 15.2 Å². The van der Waals surface area contributed by atoms with Gasteiger partial charge in [-0.25, -0.2) is 4.98 Å². The van der Waals surface area contributed by atoms with E-state index < -0.39 is 0 Å². The zero-order chi connectivity index (χ0) is 14.9. The van der Waals surface area contributed by atoms with E-state index in [2.05, 4.69) is 26.6 Å². The third-order valence-electron chi connectivity index (χ3n) is 3.85. The lowest BCUT2D eigenvalue weighted by Crippen LogP contribution is -2.15. The number of benzene rings is 2. The highest BCUT2D eigenvalue weighted by Crippen LogP contribution is 2.37. The number of nitrogens with zero attached hydrogens (tertiary/aromatic N) is 2. The standard InChI is InChI=1S/C17H16N4O/c22-16(10-15-19-17(21-20-15)12-5-6-12)18-14-8-7-11-3-1-2-4-13(11)9-14/h1-4,7-9,12H,5-6,10H2,(H,18,22)(H,19,20,21). The predicted octanol–water partition coefficient (Wildman–Crippen LogP) is 3.02. The van der Waals surface area contributed by atoms with Crippen molar-refractivity contribution < 1.29 is 4.79 Å². The summed E-state index contributed by atoms with van der Waals surface area (Å²) in [6.07, 6.45) is 2.52. The first-order valence-corrected chi connectivity index (χ1v) is 7.48. The van der Waals surface area contributed by atoms with Crippen LogP contribution in [-0.4, -0.2) is 21.1 Å². The van der Waals surface area contributed by atoms with Gasteiger partial charge in [0.15, 0.2) is 5.82 Å². The summed E-state index contributed by atoms with van der Waals surface area (Å²) in [5, 5.41) is 12.2. The van der Waals surface area contributed by atoms with Crippen LogP contribution in [0.2, 0.25) is 0 Å². The van der Waals surface area contributed by atoms with Crippen LogP contribution in [0.15, 0.2) is 42.5 Å². The summed E-state index contributed by atoms with van der Waals surface area (Å²) >= 11 is 0. The van der Waals surface area contributed by atoms with E-state index in [0.717, 1.165) is 35.1 Å². The fraction of sp³-hybridized carbons (Fsp3) is 0.235. The average Bonchev–Trinajstić information content (AvgIpc) is 3.28. The number of H-pyrrole nitrogens is 1. The SMILES string of the molecule is O=C(Cc1nc(C2CC2)n[nH]1)Nc1ccc2ccccc2c1. The van der Waals surface area contributed by atoms with Gasteiger partial charge in [-0.05, 0) is 35.7 Å². The van der Waals surface area contributed by atoms with Gasteiger partial charge in [0.1, 0.15) is 5.82 Å². The zero-order valence-corrected chi connectivity index (χ0v) is 12.0. The van der Waals surface area contributed by atoms with Gasteiger partial charge < -0.3 is 5.32 Å². The first-order valence-electron chi connectivity index (χ1n) is 7.48. The summed E-state index contributed by atoms with van der Waals surface area (Å²) in [5.41, 5.74) is 0.797. The zero-order valence-electron chi connectivity index (χ0n) is 12.0. The molecule has 1 aliphatic rings. The van der Waals surface area contributed by atoms with Gasteiger partial charge in [0.2, 0.25) is 5.91 Å². The number of nitrogens with one attached hydrogen (secondary N) is 2. The molecule has 2 aromatic carbocycles. The van der Waals surface area contributed by atoms with E-state index >= 15 is 0 Å². The van der Waals surface area contributed by atoms with Crippen LogP contribution in [0.1, 0.15) is 30.4 Å². The average molecular weight is 292 g/mol. The summed E-state index contributed by atoms with van der Waals surface area (Å²) in [6, 6.07) is 14.0. The minimum Gasteiger partial charge on any atom is -0.326 e. The number of carbonyl (C=O) groups is 1. The summed E-state index contributed by atoms with van der Waals surface area (Å²) in [4.78, 5) is 16.5. The van der Waals surface area contributed by atoms with Gasteiger partial charge in [-0.3, -0.25) is 9.89 Å². The second-order valence-corrected chi connectivity index (χ2v) is 5.70. The molecule has 3 aromatic rings. The van der Waals surface area contributed by atoms with E-state index in [1.807, 2.05) is 36.4 Å². The number of amides is 1. The van der Waals surface area contributed by atoms with Crippen molar-refractivity contribution in [3.63, 3.8) is 0 Å². The Labute approximate surface area is 127 Å². The van der Waals surface area contributed by atoms with Crippen molar-refractivity contribution in [2.45, 2.75) is 25.2 Å². The molecule has 22 heavy (non-hydrogen) atoms. The monoisotopic (exact) mass is 292 g/mol. The van der Waals surface area contributed by atoms with Crippen LogP contribution in [0.25, 0.3) is 10.8 Å². The molecule has 1 aliphatic carbocycles. The third-order valence-corrected chi connectivity index (χ3v) is 3.85. The molecule has 4 rings (SSSR count). The molecule has 1 fully saturated rings. The number of anilines is 1. The highest BCUT2D eigenvalue weighted by Gasteiger charge is 2.27. The van der Waals surface area contributed by atoms with Gasteiger partial charge in [0.25, 0.3) is 0 Å². The smallest absolute Gasteiger partial charge is 0.232 e. The van der Waals surface area contributed by atoms with Crippen molar-refractivity contribution in [2.75, 3.05) is 5.32 Å². The highest BCUT2D eigenvalue weighted by molar-refractivity contribution is 5.95. The molecule has 1 aromatic heterocycles. The van der Waals surface area contributed by atoms with Gasteiger partial charge >= 0.3 is 0 Å². The van der Waals surface area contributed by atoms with Crippen molar-refractivity contribution >= 4 is 22.4 Å². The largest absolute Gasteiger partial charge is 0.326 e. The molecular weight excluding hydrogens is 276 g/mol. The Balaban J connectivity index is 1.45. The first kappa shape index (κ1) is 13.0. The van der Waals surface area contributed by atoms with Gasteiger partial charge in [0.05, 0.1) is 6.42 Å². The number of carbonyl (C=O) groups excluding carboxylic acids is 1. The lowest BCUT2D eigenvalue weighted by molar-refractivity contribution is -0.115. The maximum absolute atomic E-state index is 12.1. The van der Waals surface area contributed by atoms with E-state index in [1.54, 1.807) is 0 Å². The Morgan fingerprint density at radius 1 is 1.18 bits per heavy atom. The topological polar surface area (TPSA) is 70.7 Å². The molecule has 1 heterocycles. The number of hydrogen-bond donors (Lipinski definition) is 2. The molecular formula is C17H16N4O. The molecule has 5 heteroatoms. The Bertz CT molecular complexity index is 835. The number of aromatic amines is 1. The van der Waals surface area contributed by atoms with Crippen LogP contribution < -0.4 is 5.32 Å². The fourth-order valence-corrected chi connectivity index (χ4v) is 2.54. The molecule has 0 spiro atoms. The van der Waals surface area contributed by atoms with E-state index in [-0.39, 0.29) is 12.3 Å². The molecule has 1 amide bonds. The van der Waals surface area contributed by atoms with Gasteiger partial charge in [-0.15, -0.1) is 0 Å². The van der Waals surface area contributed by atoms with Crippen LogP contribution in [0, 0.1) is 0 Å². The molecule has 1 saturated carbocycles. The normalized spacial score (nSPS) is 14.2. The Morgan fingerprint density at radius 2 is 2.00 bits per heavy atom. The Kier molecular flexibility index (Phi) is 3.11. The van der Waals surface area contributed by atoms with Crippen LogP contribution in [0.3, 0.4) is 0 Å². The summed E-state index contributed by atoms with van der Waals surface area (Å²) in [7, 11) is 0. The van der Waals surface area contributed by atoms with Crippen molar-refractivity contribution in [3.8, 4) is 0 Å². The molecule has 110 valence electrons. The minimum absolute atomic E-state index is 0.0891. The van der Waals surface area contributed by atoms with E-state index in [0.29, 0.717) is 11.7 Å². The molecule has 0 atom stereocenters. The summed E-state index contributed by atoms with van der Waals surface area (Å²) in [5.74, 6) is 1.87. The minimum atomic E-state index is -0.0891. The Hall–Kier alpha value is -2.69. The van der Waals surface area contributed by atoms with Crippen LogP contribution in [-0.2, 0) is 11.2 Å². The third kappa shape index (κ3) is 2.70. The number of rotatable bonds is 4. The molecule has 2 N–H and O–H groups in total. The molecule has 0 saturated heterocycles. The Morgan fingerprint density at radius 3 is 2.82 bits per heavy atom. The molecule has 0 bridgehead atoms. The van der Waals surface area contributed by atoms with Crippen LogP contribution >= 0.6 is 0 Å².